The van der Waals surface area contributed by atoms with E-state index in [1.54, 1.807) is 6.20 Å². The van der Waals surface area contributed by atoms with E-state index in [-0.39, 0.29) is 0 Å². The van der Waals surface area contributed by atoms with E-state index in [1.807, 2.05) is 54.7 Å². The molecular weight excluding hydrogens is 350 g/mol. The minimum atomic E-state index is 0.492. The molecule has 2 aromatic heterocycles. The van der Waals surface area contributed by atoms with Gasteiger partial charge in [0.25, 0.3) is 0 Å². The lowest BCUT2D eigenvalue weighted by Gasteiger charge is -2.23. The molecule has 0 saturated heterocycles. The molecule has 5 rings (SSSR count). The second kappa shape index (κ2) is 6.56. The van der Waals surface area contributed by atoms with E-state index in [2.05, 4.69) is 9.38 Å². The van der Waals surface area contributed by atoms with Crippen LogP contribution in [-0.2, 0) is 0 Å². The molecule has 6 heteroatoms. The Balaban J connectivity index is 1.53. The van der Waals surface area contributed by atoms with Crippen molar-refractivity contribution in [1.29, 1.82) is 0 Å². The maximum Gasteiger partial charge on any atom is 0.150 e. The summed E-state index contributed by atoms with van der Waals surface area (Å²) in [5.41, 5.74) is 15.5. The van der Waals surface area contributed by atoms with Gasteiger partial charge in [-0.25, -0.2) is 9.97 Å². The van der Waals surface area contributed by atoms with E-state index in [4.69, 9.17) is 21.2 Å². The molecule has 0 aliphatic heterocycles. The number of hydrogen-bond acceptors (Lipinski definition) is 5. The minimum absolute atomic E-state index is 0.492. The summed E-state index contributed by atoms with van der Waals surface area (Å²) in [6, 6.07) is 15.3. The smallest absolute Gasteiger partial charge is 0.150 e. The summed E-state index contributed by atoms with van der Waals surface area (Å²) >= 11 is 0. The number of nitrogens with two attached hydrogens (primary N) is 2. The van der Waals surface area contributed by atoms with Crippen LogP contribution in [0.2, 0.25) is 0 Å². The number of aromatic nitrogens is 3. The van der Waals surface area contributed by atoms with Crippen molar-refractivity contribution in [1.82, 2.24) is 14.4 Å². The molecule has 0 atom stereocenters. The number of fused-ring (bicyclic) bond motifs is 1. The first kappa shape index (κ1) is 16.6. The first-order chi connectivity index (χ1) is 13.7. The third kappa shape index (κ3) is 2.74. The Morgan fingerprint density at radius 1 is 1.00 bits per heavy atom. The van der Waals surface area contributed by atoms with Gasteiger partial charge < -0.3 is 16.2 Å². The highest BCUT2D eigenvalue weighted by Crippen LogP contribution is 2.39. The molecule has 0 radical (unpaired) electrons. The van der Waals surface area contributed by atoms with Crippen molar-refractivity contribution in [3.63, 3.8) is 0 Å². The molecule has 1 fully saturated rings. The van der Waals surface area contributed by atoms with Crippen LogP contribution in [0.1, 0.15) is 31.0 Å². The van der Waals surface area contributed by atoms with Crippen LogP contribution in [0.25, 0.3) is 16.8 Å². The molecular formula is C22H21N5O. The van der Waals surface area contributed by atoms with Crippen LogP contribution in [0.15, 0.2) is 60.9 Å². The predicted octanol–water partition coefficient (Wildman–Crippen LogP) is 4.62. The summed E-state index contributed by atoms with van der Waals surface area (Å²) in [5.74, 6) is 3.42. The van der Waals surface area contributed by atoms with Crippen LogP contribution in [0.4, 0.5) is 11.5 Å². The Kier molecular flexibility index (Phi) is 3.90. The first-order valence-corrected chi connectivity index (χ1v) is 9.46. The normalized spacial score (nSPS) is 14.1. The number of benzene rings is 2. The first-order valence-electron chi connectivity index (χ1n) is 9.46. The Bertz CT molecular complexity index is 1150. The van der Waals surface area contributed by atoms with E-state index >= 15 is 0 Å². The van der Waals surface area contributed by atoms with Crippen molar-refractivity contribution < 1.29 is 4.74 Å². The van der Waals surface area contributed by atoms with Gasteiger partial charge in [-0.2, -0.15) is 0 Å². The molecule has 4 N–H and O–H groups in total. The second-order valence-corrected chi connectivity index (χ2v) is 7.14. The molecule has 1 saturated carbocycles. The van der Waals surface area contributed by atoms with Gasteiger partial charge in [0.15, 0.2) is 0 Å². The second-order valence-electron chi connectivity index (χ2n) is 7.14. The number of nitrogens with zero attached hydrogens (tertiary/aromatic N) is 3. The van der Waals surface area contributed by atoms with Gasteiger partial charge in [-0.3, -0.25) is 4.40 Å². The maximum atomic E-state index is 6.21. The Labute approximate surface area is 162 Å². The van der Waals surface area contributed by atoms with Gasteiger partial charge in [-0.1, -0.05) is 18.6 Å². The Morgan fingerprint density at radius 3 is 2.50 bits per heavy atom. The zero-order valence-corrected chi connectivity index (χ0v) is 15.4. The molecule has 0 spiro atoms. The molecule has 140 valence electrons. The number of imidazole rings is 1. The van der Waals surface area contributed by atoms with Crippen molar-refractivity contribution in [3.05, 3.63) is 66.7 Å². The highest BCUT2D eigenvalue weighted by atomic mass is 16.5. The largest absolute Gasteiger partial charge is 0.455 e. The summed E-state index contributed by atoms with van der Waals surface area (Å²) in [5, 5.41) is 0. The molecule has 0 bridgehead atoms. The van der Waals surface area contributed by atoms with E-state index in [9.17, 15) is 0 Å². The topological polar surface area (TPSA) is 91.5 Å². The van der Waals surface area contributed by atoms with Crippen LogP contribution >= 0.6 is 0 Å². The van der Waals surface area contributed by atoms with E-state index < -0.39 is 0 Å². The summed E-state index contributed by atoms with van der Waals surface area (Å²) in [6.07, 6.45) is 7.28. The molecule has 0 amide bonds. The van der Waals surface area contributed by atoms with Gasteiger partial charge in [0.2, 0.25) is 0 Å². The number of anilines is 2. The van der Waals surface area contributed by atoms with Gasteiger partial charge >= 0.3 is 0 Å². The fourth-order valence-electron chi connectivity index (χ4n) is 3.62. The standard InChI is InChI=1S/C22H21N5O/c23-17-6-1-2-7-18(17)28-16-10-8-14(9-11-16)19-20-21(24)25-12-13-27(20)22(26-19)15-4-3-5-15/h1-2,6-13,15H,3-5,23H2,(H2,24,25). The van der Waals surface area contributed by atoms with Crippen molar-refractivity contribution in [2.75, 3.05) is 11.5 Å². The molecule has 6 nitrogen and oxygen atoms in total. The molecule has 4 aromatic rings. The fraction of sp³-hybridized carbons (Fsp3) is 0.182. The van der Waals surface area contributed by atoms with Gasteiger partial charge in [0, 0.05) is 23.9 Å². The summed E-state index contributed by atoms with van der Waals surface area (Å²) in [4.78, 5) is 9.22. The maximum absolute atomic E-state index is 6.21. The summed E-state index contributed by atoms with van der Waals surface area (Å²) in [6.45, 7) is 0. The number of ether oxygens (including phenoxy) is 1. The van der Waals surface area contributed by atoms with E-state index in [0.29, 0.717) is 23.2 Å². The van der Waals surface area contributed by atoms with Crippen LogP contribution in [0, 0.1) is 0 Å². The molecule has 0 unspecified atom stereocenters. The summed E-state index contributed by atoms with van der Waals surface area (Å²) in [7, 11) is 0. The van der Waals surface area contributed by atoms with Crippen LogP contribution in [-0.4, -0.2) is 14.4 Å². The third-order valence-electron chi connectivity index (χ3n) is 5.36. The van der Waals surface area contributed by atoms with Crippen molar-refractivity contribution >= 4 is 17.0 Å². The average Bonchev–Trinajstić information content (AvgIpc) is 3.04. The highest BCUT2D eigenvalue weighted by Gasteiger charge is 2.26. The third-order valence-corrected chi connectivity index (χ3v) is 5.36. The van der Waals surface area contributed by atoms with Crippen molar-refractivity contribution in [2.45, 2.75) is 25.2 Å². The molecule has 28 heavy (non-hydrogen) atoms. The zero-order chi connectivity index (χ0) is 19.1. The van der Waals surface area contributed by atoms with Crippen molar-refractivity contribution in [3.8, 4) is 22.8 Å². The predicted molar refractivity (Wildman–Crippen MR) is 110 cm³/mol. The van der Waals surface area contributed by atoms with Gasteiger partial charge in [0.05, 0.1) is 5.69 Å². The zero-order valence-electron chi connectivity index (χ0n) is 15.4. The lowest BCUT2D eigenvalue weighted by Crippen LogP contribution is -2.12. The number of hydrogen-bond donors (Lipinski definition) is 2. The number of rotatable bonds is 4. The SMILES string of the molecule is Nc1ccccc1Oc1ccc(-c2nc(C3CCC3)n3ccnc(N)c23)cc1. The number of nitrogen functional groups attached to an aromatic ring is 2. The lowest BCUT2D eigenvalue weighted by molar-refractivity contribution is 0.400. The average molecular weight is 371 g/mol. The molecule has 1 aliphatic carbocycles. The monoisotopic (exact) mass is 371 g/mol. The van der Waals surface area contributed by atoms with E-state index in [0.717, 1.165) is 28.3 Å². The van der Waals surface area contributed by atoms with Crippen LogP contribution < -0.4 is 16.2 Å². The quantitative estimate of drug-likeness (QED) is 0.511. The van der Waals surface area contributed by atoms with Gasteiger partial charge in [-0.15, -0.1) is 0 Å². The molecule has 2 heterocycles. The molecule has 1 aliphatic rings. The number of para-hydroxylation sites is 2. The summed E-state index contributed by atoms with van der Waals surface area (Å²) < 4.78 is 7.99. The highest BCUT2D eigenvalue weighted by molar-refractivity contribution is 5.85. The lowest BCUT2D eigenvalue weighted by atomic mass is 9.85. The Hall–Kier alpha value is -3.54. The minimum Gasteiger partial charge on any atom is -0.455 e. The van der Waals surface area contributed by atoms with Crippen LogP contribution in [0.3, 0.4) is 0 Å². The Morgan fingerprint density at radius 2 is 1.79 bits per heavy atom. The van der Waals surface area contributed by atoms with Crippen molar-refractivity contribution in [2.24, 2.45) is 0 Å². The molecule has 2 aromatic carbocycles. The van der Waals surface area contributed by atoms with Gasteiger partial charge in [0.1, 0.15) is 34.4 Å². The van der Waals surface area contributed by atoms with Gasteiger partial charge in [-0.05, 0) is 49.2 Å². The van der Waals surface area contributed by atoms with Crippen LogP contribution in [0.5, 0.6) is 11.5 Å². The van der Waals surface area contributed by atoms with E-state index in [1.165, 1.54) is 19.3 Å². The fourth-order valence-corrected chi connectivity index (χ4v) is 3.62.